The van der Waals surface area contributed by atoms with Crippen molar-refractivity contribution in [1.82, 2.24) is 19.8 Å². The van der Waals surface area contributed by atoms with Crippen LogP contribution < -0.4 is 5.43 Å². The fraction of sp³-hybridized carbons (Fsp3) is 0.286. The van der Waals surface area contributed by atoms with Gasteiger partial charge in [-0.15, -0.1) is 0 Å². The number of fused-ring (bicyclic) bond motifs is 1. The van der Waals surface area contributed by atoms with Crippen LogP contribution >= 0.6 is 15.9 Å². The Bertz CT molecular complexity index is 1430. The predicted molar refractivity (Wildman–Crippen MR) is 147 cm³/mol. The fourth-order valence-corrected chi connectivity index (χ4v) is 5.39. The van der Waals surface area contributed by atoms with Gasteiger partial charge in [-0.05, 0) is 49.6 Å². The molecule has 2 aliphatic rings. The molecule has 10 heteroatoms. The number of hydrazine groups is 1. The summed E-state index contributed by atoms with van der Waals surface area (Å²) in [6.07, 6.45) is -0.277. The van der Waals surface area contributed by atoms with E-state index in [0.29, 0.717) is 55.1 Å². The molecular formula is C28H28BrN5O4. The number of halogens is 1. The van der Waals surface area contributed by atoms with Gasteiger partial charge >= 0.3 is 6.09 Å². The highest BCUT2D eigenvalue weighted by atomic mass is 79.9. The maximum Gasteiger partial charge on any atom is 0.407 e. The maximum atomic E-state index is 12.6. The quantitative estimate of drug-likeness (QED) is 0.417. The van der Waals surface area contributed by atoms with Crippen LogP contribution in [0.3, 0.4) is 0 Å². The lowest BCUT2D eigenvalue weighted by atomic mass is 10.0. The van der Waals surface area contributed by atoms with Gasteiger partial charge in [-0.2, -0.15) is 5.01 Å². The van der Waals surface area contributed by atoms with E-state index >= 15 is 0 Å². The summed E-state index contributed by atoms with van der Waals surface area (Å²) in [5.74, 6) is -0.391. The van der Waals surface area contributed by atoms with Crippen molar-refractivity contribution in [1.29, 1.82) is 0 Å². The Morgan fingerprint density at radius 2 is 1.76 bits per heavy atom. The number of hydrogen-bond donors (Lipinski definition) is 2. The number of anilines is 1. The SMILES string of the molecule is CC1=C(C)C(=O)N(Nc2cc(CN3CCN(C(=O)O)C(Cc4ccccc4)C3)c3ccc(Br)cc3n2)C1=O. The van der Waals surface area contributed by atoms with E-state index < -0.39 is 17.9 Å². The van der Waals surface area contributed by atoms with Crippen LogP contribution in [0.4, 0.5) is 10.6 Å². The molecule has 2 N–H and O–H groups in total. The molecule has 2 aliphatic heterocycles. The molecule has 0 spiro atoms. The van der Waals surface area contributed by atoms with Crippen molar-refractivity contribution < 1.29 is 19.5 Å². The van der Waals surface area contributed by atoms with Gasteiger partial charge in [0.15, 0.2) is 0 Å². The molecule has 2 aromatic carbocycles. The molecule has 0 bridgehead atoms. The van der Waals surface area contributed by atoms with Crippen LogP contribution in [0.15, 0.2) is 70.2 Å². The van der Waals surface area contributed by atoms with E-state index in [1.807, 2.05) is 54.6 Å². The Morgan fingerprint density at radius 3 is 2.45 bits per heavy atom. The number of nitrogens with one attached hydrogen (secondary N) is 1. The lowest BCUT2D eigenvalue weighted by Gasteiger charge is -2.40. The van der Waals surface area contributed by atoms with Crippen LogP contribution in [0.1, 0.15) is 25.0 Å². The minimum absolute atomic E-state index is 0.180. The third-order valence-electron chi connectivity index (χ3n) is 7.21. The predicted octanol–water partition coefficient (Wildman–Crippen LogP) is 4.44. The molecule has 3 heterocycles. The van der Waals surface area contributed by atoms with Crippen LogP contribution in [-0.4, -0.2) is 68.5 Å². The number of hydrogen-bond acceptors (Lipinski definition) is 6. The normalized spacial score (nSPS) is 18.6. The topological polar surface area (TPSA) is 106 Å². The molecule has 196 valence electrons. The Kier molecular flexibility index (Phi) is 7.18. The lowest BCUT2D eigenvalue weighted by molar-refractivity contribution is -0.135. The molecule has 1 saturated heterocycles. The number of amides is 3. The smallest absolute Gasteiger partial charge is 0.407 e. The van der Waals surface area contributed by atoms with Crippen LogP contribution in [-0.2, 0) is 22.6 Å². The van der Waals surface area contributed by atoms with Crippen molar-refractivity contribution >= 4 is 50.6 Å². The molecule has 1 unspecified atom stereocenters. The Labute approximate surface area is 228 Å². The van der Waals surface area contributed by atoms with Crippen molar-refractivity contribution in [3.63, 3.8) is 0 Å². The van der Waals surface area contributed by atoms with Gasteiger partial charge in [0, 0.05) is 47.2 Å². The number of carbonyl (C=O) groups excluding carboxylic acids is 2. The standard InChI is InChI=1S/C28H28BrN5O4/c1-17-18(2)27(36)34(26(17)35)31-25-13-20(23-9-8-21(29)14-24(23)30-25)15-32-10-11-33(28(37)38)22(16-32)12-19-6-4-3-5-7-19/h3-9,13-14,22H,10-12,15-16H2,1-2H3,(H,30,31)(H,37,38). The van der Waals surface area contributed by atoms with Crippen molar-refractivity contribution in [2.75, 3.05) is 25.1 Å². The molecule has 9 nitrogen and oxygen atoms in total. The number of benzene rings is 2. The highest BCUT2D eigenvalue weighted by Gasteiger charge is 2.34. The van der Waals surface area contributed by atoms with E-state index in [4.69, 9.17) is 0 Å². The molecule has 0 radical (unpaired) electrons. The first kappa shape index (κ1) is 25.9. The number of aromatic nitrogens is 1. The maximum absolute atomic E-state index is 12.6. The zero-order valence-electron chi connectivity index (χ0n) is 21.1. The fourth-order valence-electron chi connectivity index (χ4n) is 5.04. The van der Waals surface area contributed by atoms with Crippen molar-refractivity contribution in [3.8, 4) is 0 Å². The largest absolute Gasteiger partial charge is 0.465 e. The van der Waals surface area contributed by atoms with Crippen molar-refractivity contribution in [2.45, 2.75) is 32.9 Å². The summed E-state index contributed by atoms with van der Waals surface area (Å²) in [4.78, 5) is 45.6. The van der Waals surface area contributed by atoms with Crippen molar-refractivity contribution in [2.24, 2.45) is 0 Å². The second-order valence-electron chi connectivity index (χ2n) is 9.69. The first-order valence-corrected chi connectivity index (χ1v) is 13.2. The summed E-state index contributed by atoms with van der Waals surface area (Å²) in [5, 5.41) is 11.8. The zero-order chi connectivity index (χ0) is 27.0. The minimum atomic E-state index is -0.907. The van der Waals surface area contributed by atoms with Crippen LogP contribution in [0.5, 0.6) is 0 Å². The summed E-state index contributed by atoms with van der Waals surface area (Å²) < 4.78 is 0.861. The van der Waals surface area contributed by atoms with Crippen LogP contribution in [0, 0.1) is 0 Å². The van der Waals surface area contributed by atoms with E-state index in [1.54, 1.807) is 13.8 Å². The molecule has 0 aliphatic carbocycles. The molecule has 1 aromatic heterocycles. The lowest BCUT2D eigenvalue weighted by Crippen LogP contribution is -2.55. The highest BCUT2D eigenvalue weighted by Crippen LogP contribution is 2.28. The van der Waals surface area contributed by atoms with E-state index in [0.717, 1.165) is 26.0 Å². The first-order chi connectivity index (χ1) is 18.2. The van der Waals surface area contributed by atoms with Crippen LogP contribution in [0.25, 0.3) is 10.9 Å². The third-order valence-corrected chi connectivity index (χ3v) is 7.71. The van der Waals surface area contributed by atoms with Crippen molar-refractivity contribution in [3.05, 3.63) is 81.3 Å². The summed E-state index contributed by atoms with van der Waals surface area (Å²) in [6, 6.07) is 17.4. The van der Waals surface area contributed by atoms with Gasteiger partial charge in [0.1, 0.15) is 5.82 Å². The minimum Gasteiger partial charge on any atom is -0.465 e. The van der Waals surface area contributed by atoms with Gasteiger partial charge in [0.2, 0.25) is 0 Å². The number of piperazine rings is 1. The van der Waals surface area contributed by atoms with Gasteiger partial charge in [-0.3, -0.25) is 19.9 Å². The molecule has 38 heavy (non-hydrogen) atoms. The van der Waals surface area contributed by atoms with Gasteiger partial charge < -0.3 is 10.0 Å². The Morgan fingerprint density at radius 1 is 1.05 bits per heavy atom. The average Bonchev–Trinajstić information content (AvgIpc) is 3.07. The van der Waals surface area contributed by atoms with Gasteiger partial charge in [-0.1, -0.05) is 52.3 Å². The monoisotopic (exact) mass is 577 g/mol. The number of rotatable bonds is 6. The van der Waals surface area contributed by atoms with Gasteiger partial charge in [0.25, 0.3) is 11.8 Å². The van der Waals surface area contributed by atoms with E-state index in [2.05, 4.69) is 31.2 Å². The highest BCUT2D eigenvalue weighted by molar-refractivity contribution is 9.10. The number of imide groups is 1. The number of nitrogens with zero attached hydrogens (tertiary/aromatic N) is 4. The zero-order valence-corrected chi connectivity index (χ0v) is 22.7. The Balaban J connectivity index is 1.42. The Hall–Kier alpha value is -3.76. The summed E-state index contributed by atoms with van der Waals surface area (Å²) in [7, 11) is 0. The van der Waals surface area contributed by atoms with Crippen LogP contribution in [0.2, 0.25) is 0 Å². The summed E-state index contributed by atoms with van der Waals surface area (Å²) in [5.41, 5.74) is 6.51. The average molecular weight is 578 g/mol. The molecule has 1 atom stereocenters. The van der Waals surface area contributed by atoms with Gasteiger partial charge in [-0.25, -0.2) is 9.78 Å². The second kappa shape index (κ2) is 10.5. The molecule has 3 amide bonds. The number of pyridine rings is 1. The van der Waals surface area contributed by atoms with E-state index in [1.165, 1.54) is 4.90 Å². The third kappa shape index (κ3) is 5.14. The summed E-state index contributed by atoms with van der Waals surface area (Å²) >= 11 is 3.51. The molecule has 0 saturated carbocycles. The molecule has 5 rings (SSSR count). The molecular weight excluding hydrogens is 550 g/mol. The number of carbonyl (C=O) groups is 3. The van der Waals surface area contributed by atoms with E-state index in [-0.39, 0.29) is 6.04 Å². The molecule has 1 fully saturated rings. The van der Waals surface area contributed by atoms with Gasteiger partial charge in [0.05, 0.1) is 11.6 Å². The second-order valence-corrected chi connectivity index (χ2v) is 10.6. The molecule has 3 aromatic rings. The summed E-state index contributed by atoms with van der Waals surface area (Å²) in [6.45, 7) is 5.41. The first-order valence-electron chi connectivity index (χ1n) is 12.4. The van der Waals surface area contributed by atoms with E-state index in [9.17, 15) is 19.5 Å². The number of carboxylic acid groups (broad SMARTS) is 1.